The third kappa shape index (κ3) is 4.69. The minimum atomic E-state index is -0.255. The lowest BCUT2D eigenvalue weighted by Gasteiger charge is -2.42. The predicted molar refractivity (Wildman–Crippen MR) is 160 cm³/mol. The van der Waals surface area contributed by atoms with E-state index in [-0.39, 0.29) is 16.7 Å². The van der Waals surface area contributed by atoms with Crippen LogP contribution in [0.25, 0.3) is 22.2 Å². The number of benzene rings is 3. The molecule has 0 bridgehead atoms. The van der Waals surface area contributed by atoms with Crippen molar-refractivity contribution in [1.82, 2.24) is 4.98 Å². The maximum Gasteiger partial charge on any atom is 0.291 e. The summed E-state index contributed by atoms with van der Waals surface area (Å²) in [5, 5.41) is 4.20. The number of fused-ring (bicyclic) bond motifs is 2. The van der Waals surface area contributed by atoms with Crippen molar-refractivity contribution in [3.05, 3.63) is 113 Å². The minimum Gasteiger partial charge on any atom is -0.456 e. The molecule has 0 aliphatic heterocycles. The van der Waals surface area contributed by atoms with Crippen LogP contribution in [0.4, 0.5) is 5.69 Å². The summed E-state index contributed by atoms with van der Waals surface area (Å²) < 4.78 is 6.09. The number of carbonyl (C=O) groups excluding carboxylic acids is 1. The van der Waals surface area contributed by atoms with E-state index in [0.717, 1.165) is 33.6 Å². The molecule has 0 spiro atoms. The zero-order valence-corrected chi connectivity index (χ0v) is 23.4. The highest BCUT2D eigenvalue weighted by Gasteiger charge is 2.37. The summed E-state index contributed by atoms with van der Waals surface area (Å²) in [6.07, 6.45) is 3.04. The number of aromatic nitrogens is 1. The summed E-state index contributed by atoms with van der Waals surface area (Å²) in [6.45, 7) is 11.6. The van der Waals surface area contributed by atoms with Crippen LogP contribution in [0.1, 0.15) is 79.1 Å². The van der Waals surface area contributed by atoms with Crippen LogP contribution in [-0.2, 0) is 17.3 Å². The van der Waals surface area contributed by atoms with Gasteiger partial charge in [-0.25, -0.2) is 0 Å². The Balaban J connectivity index is 1.24. The Bertz CT molecular complexity index is 1670. The zero-order chi connectivity index (χ0) is 27.4. The molecule has 1 aliphatic carbocycles. The Kier molecular flexibility index (Phi) is 6.02. The fourth-order valence-corrected chi connectivity index (χ4v) is 5.97. The molecule has 4 nitrogen and oxygen atoms in total. The molecule has 2 N–H and O–H groups in total. The van der Waals surface area contributed by atoms with E-state index in [1.54, 1.807) is 6.07 Å². The number of aromatic amines is 1. The lowest BCUT2D eigenvalue weighted by Crippen LogP contribution is -2.34. The molecule has 0 saturated heterocycles. The molecule has 0 saturated carbocycles. The zero-order valence-electron chi connectivity index (χ0n) is 23.4. The maximum absolute atomic E-state index is 13.2. The number of amides is 1. The van der Waals surface area contributed by atoms with Gasteiger partial charge in [0.15, 0.2) is 5.76 Å². The van der Waals surface area contributed by atoms with Gasteiger partial charge in [0.2, 0.25) is 0 Å². The van der Waals surface area contributed by atoms with Crippen LogP contribution in [0.3, 0.4) is 0 Å². The van der Waals surface area contributed by atoms with Gasteiger partial charge in [0.05, 0.1) is 5.69 Å². The standard InChI is InChI=1S/C35H36N2O2/c1-22-18-27-28(35(4,5)17-16-34(27,2)3)20-24(22)19-25-14-15-32(39-25)33(38)37-30-13-9-7-11-26(30)31-21-23-10-6-8-12-29(23)36-31/h6-15,18,20-21,36H,16-17,19H2,1-5H3,(H,37,38). The van der Waals surface area contributed by atoms with Crippen LogP contribution >= 0.6 is 0 Å². The molecule has 39 heavy (non-hydrogen) atoms. The number of rotatable bonds is 5. The smallest absolute Gasteiger partial charge is 0.291 e. The molecular formula is C35H36N2O2. The van der Waals surface area contributed by atoms with Crippen LogP contribution in [0.15, 0.2) is 83.3 Å². The number of hydrogen-bond acceptors (Lipinski definition) is 2. The van der Waals surface area contributed by atoms with Gasteiger partial charge in [0, 0.05) is 28.6 Å². The highest BCUT2D eigenvalue weighted by molar-refractivity contribution is 6.04. The first kappa shape index (κ1) is 25.2. The number of hydrogen-bond donors (Lipinski definition) is 2. The first-order chi connectivity index (χ1) is 18.6. The molecule has 6 rings (SSSR count). The van der Waals surface area contributed by atoms with Crippen molar-refractivity contribution in [2.45, 2.75) is 64.7 Å². The minimum absolute atomic E-state index is 0.153. The van der Waals surface area contributed by atoms with E-state index in [0.29, 0.717) is 12.2 Å². The summed E-state index contributed by atoms with van der Waals surface area (Å²) in [5.74, 6) is 0.850. The van der Waals surface area contributed by atoms with Crippen molar-refractivity contribution < 1.29 is 9.21 Å². The average Bonchev–Trinajstić information content (AvgIpc) is 3.55. The van der Waals surface area contributed by atoms with Gasteiger partial charge >= 0.3 is 0 Å². The number of H-pyrrole nitrogens is 1. The first-order valence-corrected chi connectivity index (χ1v) is 13.8. The molecule has 1 amide bonds. The van der Waals surface area contributed by atoms with E-state index in [9.17, 15) is 4.79 Å². The lowest BCUT2D eigenvalue weighted by molar-refractivity contribution is 0.0995. The normalized spacial score (nSPS) is 15.7. The van der Waals surface area contributed by atoms with Crippen molar-refractivity contribution in [1.29, 1.82) is 0 Å². The maximum atomic E-state index is 13.2. The summed E-state index contributed by atoms with van der Waals surface area (Å²) in [4.78, 5) is 16.7. The molecule has 198 valence electrons. The largest absolute Gasteiger partial charge is 0.456 e. The SMILES string of the molecule is Cc1cc2c(cc1Cc1ccc(C(=O)Nc3ccccc3-c3cc4ccccc4[nH]3)o1)C(C)(C)CCC2(C)C. The summed E-state index contributed by atoms with van der Waals surface area (Å²) in [7, 11) is 0. The third-order valence-electron chi connectivity index (χ3n) is 8.55. The molecule has 4 heteroatoms. The highest BCUT2D eigenvalue weighted by atomic mass is 16.3. The first-order valence-electron chi connectivity index (χ1n) is 13.8. The Hall–Kier alpha value is -4.05. The van der Waals surface area contributed by atoms with Gasteiger partial charge in [-0.05, 0) is 83.2 Å². The molecule has 3 aromatic carbocycles. The Morgan fingerprint density at radius 2 is 1.56 bits per heavy atom. The fraction of sp³-hybridized carbons (Fsp3) is 0.286. The number of aryl methyl sites for hydroxylation is 1. The van der Waals surface area contributed by atoms with Crippen molar-refractivity contribution in [2.24, 2.45) is 0 Å². The molecule has 2 heterocycles. The number of carbonyl (C=O) groups is 1. The quantitative estimate of drug-likeness (QED) is 0.245. The number of para-hydroxylation sites is 2. The van der Waals surface area contributed by atoms with Crippen LogP contribution in [0.2, 0.25) is 0 Å². The third-order valence-corrected chi connectivity index (χ3v) is 8.55. The van der Waals surface area contributed by atoms with Crippen LogP contribution in [0, 0.1) is 6.92 Å². The number of anilines is 1. The predicted octanol–water partition coefficient (Wildman–Crippen LogP) is 8.93. The summed E-state index contributed by atoms with van der Waals surface area (Å²) in [6, 6.07) is 26.6. The van der Waals surface area contributed by atoms with Gasteiger partial charge in [0.1, 0.15) is 5.76 Å². The van der Waals surface area contributed by atoms with Gasteiger partial charge < -0.3 is 14.7 Å². The van der Waals surface area contributed by atoms with Gasteiger partial charge in [-0.15, -0.1) is 0 Å². The van der Waals surface area contributed by atoms with Crippen molar-refractivity contribution in [3.63, 3.8) is 0 Å². The van der Waals surface area contributed by atoms with E-state index in [4.69, 9.17) is 4.42 Å². The monoisotopic (exact) mass is 516 g/mol. The molecule has 0 atom stereocenters. The Labute approximate surface area is 230 Å². The van der Waals surface area contributed by atoms with Crippen LogP contribution in [0.5, 0.6) is 0 Å². The van der Waals surface area contributed by atoms with Crippen molar-refractivity contribution in [3.8, 4) is 11.3 Å². The van der Waals surface area contributed by atoms with Crippen molar-refractivity contribution in [2.75, 3.05) is 5.32 Å². The molecule has 0 unspecified atom stereocenters. The van der Waals surface area contributed by atoms with E-state index < -0.39 is 0 Å². The average molecular weight is 517 g/mol. The van der Waals surface area contributed by atoms with Gasteiger partial charge in [0.25, 0.3) is 5.91 Å². The van der Waals surface area contributed by atoms with Crippen molar-refractivity contribution >= 4 is 22.5 Å². The summed E-state index contributed by atoms with van der Waals surface area (Å²) >= 11 is 0. The topological polar surface area (TPSA) is 58.0 Å². The second-order valence-corrected chi connectivity index (χ2v) is 12.3. The number of nitrogens with one attached hydrogen (secondary N) is 2. The molecule has 0 radical (unpaired) electrons. The Morgan fingerprint density at radius 1 is 0.872 bits per heavy atom. The van der Waals surface area contributed by atoms with Crippen LogP contribution in [-0.4, -0.2) is 10.9 Å². The van der Waals surface area contributed by atoms with Gasteiger partial charge in [-0.1, -0.05) is 76.2 Å². The van der Waals surface area contributed by atoms with E-state index in [1.807, 2.05) is 42.5 Å². The van der Waals surface area contributed by atoms with Gasteiger partial charge in [-0.2, -0.15) is 0 Å². The van der Waals surface area contributed by atoms with E-state index in [2.05, 4.69) is 75.3 Å². The van der Waals surface area contributed by atoms with Gasteiger partial charge in [-0.3, -0.25) is 4.79 Å². The molecule has 2 aromatic heterocycles. The second-order valence-electron chi connectivity index (χ2n) is 12.3. The Morgan fingerprint density at radius 3 is 2.33 bits per heavy atom. The fourth-order valence-electron chi connectivity index (χ4n) is 5.97. The highest BCUT2D eigenvalue weighted by Crippen LogP contribution is 2.46. The molecule has 1 aliphatic rings. The molecule has 5 aromatic rings. The lowest BCUT2D eigenvalue weighted by atomic mass is 9.62. The molecule has 0 fully saturated rings. The number of furan rings is 1. The van der Waals surface area contributed by atoms with E-state index in [1.165, 1.54) is 35.1 Å². The van der Waals surface area contributed by atoms with E-state index >= 15 is 0 Å². The summed E-state index contributed by atoms with van der Waals surface area (Å²) in [5.41, 5.74) is 9.47. The second kappa shape index (κ2) is 9.30. The van der Waals surface area contributed by atoms with Crippen LogP contribution < -0.4 is 5.32 Å². The molecular weight excluding hydrogens is 480 g/mol.